The lowest BCUT2D eigenvalue weighted by Crippen LogP contribution is -2.46. The number of nitrogens with zero attached hydrogens (tertiary/aromatic N) is 1. The van der Waals surface area contributed by atoms with Crippen molar-refractivity contribution in [2.75, 3.05) is 16.9 Å². The number of carbonyl (C=O) groups is 1. The molecule has 2 N–H and O–H groups in total. The molecule has 0 heterocycles. The first-order chi connectivity index (χ1) is 9.81. The number of nitrogens with one attached hydrogen (secondary N) is 2. The van der Waals surface area contributed by atoms with Gasteiger partial charge in [-0.3, -0.25) is 0 Å². The second kappa shape index (κ2) is 7.31. The van der Waals surface area contributed by atoms with Crippen molar-refractivity contribution < 1.29 is 4.79 Å². The number of para-hydroxylation sites is 2. The lowest BCUT2D eigenvalue weighted by molar-refractivity contribution is 0.254. The summed E-state index contributed by atoms with van der Waals surface area (Å²) in [6.45, 7) is 2.79. The second-order valence-corrected chi connectivity index (χ2v) is 4.38. The third-order valence-electron chi connectivity index (χ3n) is 2.76. The van der Waals surface area contributed by atoms with Crippen molar-refractivity contribution in [3.63, 3.8) is 0 Å². The van der Waals surface area contributed by atoms with Gasteiger partial charge in [-0.05, 0) is 30.7 Å². The topological polar surface area (TPSA) is 44.4 Å². The number of hydrazine groups is 1. The van der Waals surface area contributed by atoms with Crippen LogP contribution in [0.15, 0.2) is 60.7 Å². The monoisotopic (exact) mass is 269 g/mol. The van der Waals surface area contributed by atoms with Crippen molar-refractivity contribution in [2.24, 2.45) is 0 Å². The van der Waals surface area contributed by atoms with E-state index in [0.717, 1.165) is 24.3 Å². The molecule has 0 unspecified atom stereocenters. The molecule has 0 atom stereocenters. The zero-order valence-electron chi connectivity index (χ0n) is 11.5. The minimum atomic E-state index is -0.198. The average molecular weight is 269 g/mol. The zero-order chi connectivity index (χ0) is 14.2. The SMILES string of the molecule is CCCNN(C(=O)Nc1ccccc1)c1ccccc1. The first-order valence-electron chi connectivity index (χ1n) is 6.76. The zero-order valence-corrected chi connectivity index (χ0v) is 11.5. The fraction of sp³-hybridized carbons (Fsp3) is 0.188. The van der Waals surface area contributed by atoms with Crippen molar-refractivity contribution in [1.29, 1.82) is 0 Å². The van der Waals surface area contributed by atoms with Crippen LogP contribution in [-0.2, 0) is 0 Å². The first-order valence-corrected chi connectivity index (χ1v) is 6.76. The number of hydrogen-bond donors (Lipinski definition) is 2. The molecule has 0 radical (unpaired) electrons. The Morgan fingerprint density at radius 3 is 2.20 bits per heavy atom. The average Bonchev–Trinajstić information content (AvgIpc) is 2.50. The predicted octanol–water partition coefficient (Wildman–Crippen LogP) is 3.64. The van der Waals surface area contributed by atoms with Crippen LogP contribution in [0.5, 0.6) is 0 Å². The summed E-state index contributed by atoms with van der Waals surface area (Å²) >= 11 is 0. The standard InChI is InChI=1S/C16H19N3O/c1-2-13-17-19(15-11-7-4-8-12-15)16(20)18-14-9-5-3-6-10-14/h3-12,17H,2,13H2,1H3,(H,18,20). The number of carbonyl (C=O) groups excluding carboxylic acids is 1. The molecular formula is C16H19N3O. The Morgan fingerprint density at radius 2 is 1.60 bits per heavy atom. The maximum absolute atomic E-state index is 12.4. The van der Waals surface area contributed by atoms with Crippen LogP contribution in [0.4, 0.5) is 16.2 Å². The molecule has 4 heteroatoms. The van der Waals surface area contributed by atoms with E-state index >= 15 is 0 Å². The number of anilines is 2. The van der Waals surface area contributed by atoms with E-state index in [0.29, 0.717) is 0 Å². The molecule has 0 aliphatic carbocycles. The van der Waals surface area contributed by atoms with Gasteiger partial charge in [0.15, 0.2) is 0 Å². The summed E-state index contributed by atoms with van der Waals surface area (Å²) in [5.41, 5.74) is 4.72. The highest BCUT2D eigenvalue weighted by molar-refractivity contribution is 6.00. The summed E-state index contributed by atoms with van der Waals surface area (Å²) in [4.78, 5) is 12.4. The van der Waals surface area contributed by atoms with Crippen LogP contribution >= 0.6 is 0 Å². The van der Waals surface area contributed by atoms with Crippen LogP contribution in [0.1, 0.15) is 13.3 Å². The molecule has 0 aromatic heterocycles. The van der Waals surface area contributed by atoms with Crippen LogP contribution in [-0.4, -0.2) is 12.6 Å². The fourth-order valence-corrected chi connectivity index (χ4v) is 1.78. The number of urea groups is 1. The van der Waals surface area contributed by atoms with Crippen molar-refractivity contribution in [3.05, 3.63) is 60.7 Å². The van der Waals surface area contributed by atoms with Crippen molar-refractivity contribution in [3.8, 4) is 0 Å². The maximum atomic E-state index is 12.4. The Hall–Kier alpha value is -2.33. The first kappa shape index (κ1) is 14.1. The minimum absolute atomic E-state index is 0.198. The lowest BCUT2D eigenvalue weighted by atomic mass is 10.3. The highest BCUT2D eigenvalue weighted by atomic mass is 16.2. The van der Waals surface area contributed by atoms with Gasteiger partial charge in [0, 0.05) is 12.2 Å². The van der Waals surface area contributed by atoms with Crippen LogP contribution in [0.3, 0.4) is 0 Å². The molecule has 0 aliphatic rings. The van der Waals surface area contributed by atoms with Gasteiger partial charge in [-0.2, -0.15) is 0 Å². The Morgan fingerprint density at radius 1 is 1.00 bits per heavy atom. The van der Waals surface area contributed by atoms with E-state index in [9.17, 15) is 4.79 Å². The van der Waals surface area contributed by atoms with Crippen LogP contribution in [0.25, 0.3) is 0 Å². The smallest absolute Gasteiger partial charge is 0.306 e. The van der Waals surface area contributed by atoms with Gasteiger partial charge in [-0.25, -0.2) is 15.2 Å². The number of amides is 2. The Labute approximate surface area is 119 Å². The Balaban J connectivity index is 2.12. The molecule has 0 saturated carbocycles. The molecule has 2 aromatic rings. The molecule has 0 bridgehead atoms. The van der Waals surface area contributed by atoms with Crippen molar-refractivity contribution in [1.82, 2.24) is 5.43 Å². The van der Waals surface area contributed by atoms with E-state index in [1.807, 2.05) is 60.7 Å². The molecule has 20 heavy (non-hydrogen) atoms. The van der Waals surface area contributed by atoms with Crippen LogP contribution in [0.2, 0.25) is 0 Å². The summed E-state index contributed by atoms with van der Waals surface area (Å²) in [5.74, 6) is 0. The Kier molecular flexibility index (Phi) is 5.15. The second-order valence-electron chi connectivity index (χ2n) is 4.38. The number of rotatable bonds is 5. The summed E-state index contributed by atoms with van der Waals surface area (Å²) < 4.78 is 0. The van der Waals surface area contributed by atoms with E-state index in [1.165, 1.54) is 5.01 Å². The van der Waals surface area contributed by atoms with E-state index in [2.05, 4.69) is 17.7 Å². The number of hydrogen-bond acceptors (Lipinski definition) is 2. The van der Waals surface area contributed by atoms with Gasteiger partial charge in [0.1, 0.15) is 0 Å². The summed E-state index contributed by atoms with van der Waals surface area (Å²) in [6, 6.07) is 18.8. The van der Waals surface area contributed by atoms with E-state index in [-0.39, 0.29) is 6.03 Å². The summed E-state index contributed by atoms with van der Waals surface area (Å²) in [5, 5.41) is 4.41. The summed E-state index contributed by atoms with van der Waals surface area (Å²) in [6.07, 6.45) is 0.946. The van der Waals surface area contributed by atoms with Gasteiger partial charge in [0.05, 0.1) is 5.69 Å². The van der Waals surface area contributed by atoms with Gasteiger partial charge in [0.2, 0.25) is 0 Å². The molecule has 104 valence electrons. The lowest BCUT2D eigenvalue weighted by Gasteiger charge is -2.23. The predicted molar refractivity (Wildman–Crippen MR) is 82.7 cm³/mol. The molecule has 2 amide bonds. The van der Waals surface area contributed by atoms with Gasteiger partial charge in [-0.15, -0.1) is 0 Å². The molecule has 2 aromatic carbocycles. The normalized spacial score (nSPS) is 10.1. The van der Waals surface area contributed by atoms with E-state index in [4.69, 9.17) is 0 Å². The molecule has 2 rings (SSSR count). The van der Waals surface area contributed by atoms with E-state index < -0.39 is 0 Å². The third kappa shape index (κ3) is 3.83. The fourth-order valence-electron chi connectivity index (χ4n) is 1.78. The molecule has 0 fully saturated rings. The highest BCUT2D eigenvalue weighted by Crippen LogP contribution is 2.13. The van der Waals surface area contributed by atoms with Gasteiger partial charge in [-0.1, -0.05) is 43.3 Å². The van der Waals surface area contributed by atoms with Crippen LogP contribution < -0.4 is 15.8 Å². The molecule has 0 spiro atoms. The van der Waals surface area contributed by atoms with Crippen molar-refractivity contribution >= 4 is 17.4 Å². The van der Waals surface area contributed by atoms with Gasteiger partial charge < -0.3 is 5.32 Å². The minimum Gasteiger partial charge on any atom is -0.306 e. The molecular weight excluding hydrogens is 250 g/mol. The Bertz CT molecular complexity index is 528. The third-order valence-corrected chi connectivity index (χ3v) is 2.76. The maximum Gasteiger partial charge on any atom is 0.340 e. The highest BCUT2D eigenvalue weighted by Gasteiger charge is 2.14. The number of benzene rings is 2. The molecule has 0 saturated heterocycles. The van der Waals surface area contributed by atoms with Gasteiger partial charge >= 0.3 is 6.03 Å². The summed E-state index contributed by atoms with van der Waals surface area (Å²) in [7, 11) is 0. The molecule has 0 aliphatic heterocycles. The quantitative estimate of drug-likeness (QED) is 0.814. The molecule has 4 nitrogen and oxygen atoms in total. The van der Waals surface area contributed by atoms with Gasteiger partial charge in [0.25, 0.3) is 0 Å². The van der Waals surface area contributed by atoms with E-state index in [1.54, 1.807) is 0 Å². The van der Waals surface area contributed by atoms with Crippen molar-refractivity contribution in [2.45, 2.75) is 13.3 Å². The largest absolute Gasteiger partial charge is 0.340 e. The van der Waals surface area contributed by atoms with Crippen LogP contribution in [0, 0.1) is 0 Å².